The van der Waals surface area contributed by atoms with Crippen molar-refractivity contribution >= 4 is 23.2 Å². The number of rotatable bonds is 5. The minimum absolute atomic E-state index is 0.127. The van der Waals surface area contributed by atoms with Crippen LogP contribution in [0.3, 0.4) is 0 Å². The number of halogens is 1. The molecule has 8 heteroatoms. The van der Waals surface area contributed by atoms with Gasteiger partial charge in [0.2, 0.25) is 5.91 Å². The number of carbonyl (C=O) groups is 2. The molecule has 4 rings (SSSR count). The Morgan fingerprint density at radius 1 is 1.33 bits per heavy atom. The highest BCUT2D eigenvalue weighted by Gasteiger charge is 2.39. The molecule has 0 bridgehead atoms. The third-order valence-corrected chi connectivity index (χ3v) is 5.84. The molecule has 0 saturated carbocycles. The number of hydrogen-bond acceptors (Lipinski definition) is 5. The average molecular weight is 428 g/mol. The first kappa shape index (κ1) is 20.3. The Morgan fingerprint density at radius 3 is 2.77 bits per heavy atom. The first-order valence-electron chi connectivity index (χ1n) is 9.78. The Kier molecular flexibility index (Phi) is 5.67. The van der Waals surface area contributed by atoms with Crippen molar-refractivity contribution in [3.05, 3.63) is 64.2 Å². The van der Waals surface area contributed by atoms with Crippen LogP contribution < -0.4 is 5.32 Å². The van der Waals surface area contributed by atoms with Gasteiger partial charge in [0.25, 0.3) is 5.91 Å². The zero-order valence-corrected chi connectivity index (χ0v) is 17.5. The van der Waals surface area contributed by atoms with E-state index in [-0.39, 0.29) is 35.3 Å². The molecule has 0 aliphatic carbocycles. The average Bonchev–Trinajstić information content (AvgIpc) is 3.41. The lowest BCUT2D eigenvalue weighted by atomic mass is 9.96. The van der Waals surface area contributed by atoms with Gasteiger partial charge in [-0.3, -0.25) is 9.59 Å². The SMILES string of the molecule is CC(C)C[C@H]1C(=O)N[C@@H](c2ccsc2)CN1C(=O)c1cc(-c2ccc(F)cc2)on1. The molecule has 0 spiro atoms. The molecular formula is C22H22FN3O3S. The zero-order chi connectivity index (χ0) is 21.3. The van der Waals surface area contributed by atoms with Gasteiger partial charge in [0.05, 0.1) is 6.04 Å². The summed E-state index contributed by atoms with van der Waals surface area (Å²) in [6.45, 7) is 4.39. The molecule has 1 saturated heterocycles. The van der Waals surface area contributed by atoms with E-state index in [1.165, 1.54) is 18.2 Å². The highest BCUT2D eigenvalue weighted by molar-refractivity contribution is 7.08. The summed E-state index contributed by atoms with van der Waals surface area (Å²) in [6.07, 6.45) is 0.552. The third kappa shape index (κ3) is 4.14. The summed E-state index contributed by atoms with van der Waals surface area (Å²) < 4.78 is 18.5. The van der Waals surface area contributed by atoms with E-state index >= 15 is 0 Å². The Labute approximate surface area is 177 Å². The van der Waals surface area contributed by atoms with Crippen LogP contribution in [0.5, 0.6) is 0 Å². The van der Waals surface area contributed by atoms with E-state index in [1.54, 1.807) is 28.4 Å². The number of thiophene rings is 1. The number of nitrogens with one attached hydrogen (secondary N) is 1. The molecule has 1 aliphatic heterocycles. The molecule has 0 unspecified atom stereocenters. The summed E-state index contributed by atoms with van der Waals surface area (Å²) in [7, 11) is 0. The van der Waals surface area contributed by atoms with Crippen LogP contribution >= 0.6 is 11.3 Å². The van der Waals surface area contributed by atoms with E-state index < -0.39 is 6.04 Å². The van der Waals surface area contributed by atoms with Gasteiger partial charge in [-0.05, 0) is 59.0 Å². The van der Waals surface area contributed by atoms with Gasteiger partial charge in [0.15, 0.2) is 11.5 Å². The lowest BCUT2D eigenvalue weighted by Crippen LogP contribution is -2.58. The second-order valence-corrected chi connectivity index (χ2v) is 8.58. The van der Waals surface area contributed by atoms with Crippen LogP contribution in [0.4, 0.5) is 4.39 Å². The normalized spacial score (nSPS) is 19.2. The van der Waals surface area contributed by atoms with Crippen LogP contribution in [-0.2, 0) is 4.79 Å². The number of benzene rings is 1. The number of carbonyl (C=O) groups excluding carboxylic acids is 2. The summed E-state index contributed by atoms with van der Waals surface area (Å²) in [6, 6.07) is 8.41. The highest BCUT2D eigenvalue weighted by atomic mass is 32.1. The van der Waals surface area contributed by atoms with Crippen molar-refractivity contribution < 1.29 is 18.5 Å². The fraction of sp³-hybridized carbons (Fsp3) is 0.318. The van der Waals surface area contributed by atoms with Crippen LogP contribution in [0.2, 0.25) is 0 Å². The first-order valence-corrected chi connectivity index (χ1v) is 10.7. The highest BCUT2D eigenvalue weighted by Crippen LogP contribution is 2.28. The van der Waals surface area contributed by atoms with Gasteiger partial charge in [-0.1, -0.05) is 19.0 Å². The van der Waals surface area contributed by atoms with E-state index in [2.05, 4.69) is 10.5 Å². The van der Waals surface area contributed by atoms with Crippen LogP contribution in [0.1, 0.15) is 42.4 Å². The molecule has 2 aromatic heterocycles. The molecule has 0 radical (unpaired) electrons. The molecule has 1 N–H and O–H groups in total. The third-order valence-electron chi connectivity index (χ3n) is 5.13. The number of aromatic nitrogens is 1. The van der Waals surface area contributed by atoms with Crippen molar-refractivity contribution in [2.45, 2.75) is 32.4 Å². The molecule has 156 valence electrons. The summed E-state index contributed by atoms with van der Waals surface area (Å²) in [4.78, 5) is 27.8. The van der Waals surface area contributed by atoms with Gasteiger partial charge >= 0.3 is 0 Å². The van der Waals surface area contributed by atoms with Crippen molar-refractivity contribution in [3.63, 3.8) is 0 Å². The van der Waals surface area contributed by atoms with E-state index in [0.717, 1.165) is 5.56 Å². The number of piperazine rings is 1. The van der Waals surface area contributed by atoms with Crippen molar-refractivity contribution in [1.82, 2.24) is 15.4 Å². The minimum Gasteiger partial charge on any atom is -0.355 e. The minimum atomic E-state index is -0.571. The maximum atomic E-state index is 13.3. The molecule has 2 atom stereocenters. The maximum Gasteiger partial charge on any atom is 0.276 e. The van der Waals surface area contributed by atoms with Crippen LogP contribution in [0.25, 0.3) is 11.3 Å². The number of amides is 2. The second kappa shape index (κ2) is 8.39. The van der Waals surface area contributed by atoms with E-state index in [1.807, 2.05) is 30.7 Å². The van der Waals surface area contributed by atoms with Crippen molar-refractivity contribution in [2.75, 3.05) is 6.54 Å². The van der Waals surface area contributed by atoms with Crippen molar-refractivity contribution in [2.24, 2.45) is 5.92 Å². The number of nitrogens with zero attached hydrogens (tertiary/aromatic N) is 2. The summed E-state index contributed by atoms with van der Waals surface area (Å²) >= 11 is 1.55. The predicted molar refractivity (Wildman–Crippen MR) is 111 cm³/mol. The van der Waals surface area contributed by atoms with Gasteiger partial charge in [-0.2, -0.15) is 11.3 Å². The molecule has 6 nitrogen and oxygen atoms in total. The lowest BCUT2D eigenvalue weighted by molar-refractivity contribution is -0.130. The molecule has 30 heavy (non-hydrogen) atoms. The van der Waals surface area contributed by atoms with Gasteiger partial charge in [-0.25, -0.2) is 4.39 Å². The van der Waals surface area contributed by atoms with Crippen molar-refractivity contribution in [3.8, 4) is 11.3 Å². The van der Waals surface area contributed by atoms with Crippen LogP contribution in [-0.4, -0.2) is 34.5 Å². The van der Waals surface area contributed by atoms with Gasteiger partial charge < -0.3 is 14.7 Å². The van der Waals surface area contributed by atoms with Crippen molar-refractivity contribution in [1.29, 1.82) is 0 Å². The van der Waals surface area contributed by atoms with E-state index in [4.69, 9.17) is 4.52 Å². The molecule has 1 fully saturated rings. The molecular weight excluding hydrogens is 405 g/mol. The Balaban J connectivity index is 1.61. The molecule has 1 aromatic carbocycles. The van der Waals surface area contributed by atoms with Crippen LogP contribution in [0, 0.1) is 11.7 Å². The smallest absolute Gasteiger partial charge is 0.276 e. The topological polar surface area (TPSA) is 75.4 Å². The standard InChI is InChI=1S/C22H22FN3O3S/c1-13(2)9-19-21(27)24-18(15-7-8-30-12-15)11-26(19)22(28)17-10-20(29-25-17)14-3-5-16(23)6-4-14/h3-8,10,12-13,18-19H,9,11H2,1-2H3,(H,24,27)/t18-,19+/m1/s1. The summed E-state index contributed by atoms with van der Waals surface area (Å²) in [5, 5.41) is 10.9. The molecule has 3 heterocycles. The van der Waals surface area contributed by atoms with Gasteiger partial charge in [-0.15, -0.1) is 0 Å². The zero-order valence-electron chi connectivity index (χ0n) is 16.7. The molecule has 3 aromatic rings. The summed E-state index contributed by atoms with van der Waals surface area (Å²) in [5.41, 5.74) is 1.72. The van der Waals surface area contributed by atoms with Gasteiger partial charge in [0.1, 0.15) is 11.9 Å². The lowest BCUT2D eigenvalue weighted by Gasteiger charge is -2.39. The molecule has 2 amide bonds. The molecule has 1 aliphatic rings. The van der Waals surface area contributed by atoms with E-state index in [9.17, 15) is 14.0 Å². The predicted octanol–water partition coefficient (Wildman–Crippen LogP) is 4.27. The van der Waals surface area contributed by atoms with E-state index in [0.29, 0.717) is 24.3 Å². The Morgan fingerprint density at radius 2 is 2.10 bits per heavy atom. The Hall–Kier alpha value is -3.00. The Bertz CT molecular complexity index is 1030. The monoisotopic (exact) mass is 427 g/mol. The summed E-state index contributed by atoms with van der Waals surface area (Å²) in [5.74, 6) is -0.269. The van der Waals surface area contributed by atoms with Gasteiger partial charge in [0, 0.05) is 18.2 Å². The number of hydrogen-bond donors (Lipinski definition) is 1. The maximum absolute atomic E-state index is 13.3. The quantitative estimate of drug-likeness (QED) is 0.660. The fourth-order valence-electron chi connectivity index (χ4n) is 3.62. The largest absolute Gasteiger partial charge is 0.355 e. The second-order valence-electron chi connectivity index (χ2n) is 7.80. The van der Waals surface area contributed by atoms with Crippen LogP contribution in [0.15, 0.2) is 51.7 Å². The first-order chi connectivity index (χ1) is 14.4. The fourth-order valence-corrected chi connectivity index (χ4v) is 4.33.